The molecule has 0 atom stereocenters. The molecule has 102 valence electrons. The van der Waals surface area contributed by atoms with Crippen molar-refractivity contribution < 1.29 is 0 Å². The minimum absolute atomic E-state index is 0.372. The number of hydrogen-bond donors (Lipinski definition) is 0. The predicted octanol–water partition coefficient (Wildman–Crippen LogP) is 4.14. The minimum Gasteiger partial charge on any atom is -0.237 e. The first-order chi connectivity index (χ1) is 8.52. The van der Waals surface area contributed by atoms with Crippen LogP contribution in [-0.2, 0) is 6.42 Å². The molecule has 18 heavy (non-hydrogen) atoms. The Hall–Kier alpha value is -0.990. The highest BCUT2D eigenvalue weighted by molar-refractivity contribution is 5.02. The Bertz CT molecular complexity index is 339. The summed E-state index contributed by atoms with van der Waals surface area (Å²) in [5.41, 5.74) is 1.41. The molecule has 0 amide bonds. The van der Waals surface area contributed by atoms with Crippen molar-refractivity contribution in [2.45, 2.75) is 72.6 Å². The monoisotopic (exact) mass is 249 g/mol. The van der Waals surface area contributed by atoms with E-state index in [0.29, 0.717) is 11.3 Å². The zero-order chi connectivity index (χ0) is 13.6. The van der Waals surface area contributed by atoms with Gasteiger partial charge in [-0.15, -0.1) is 5.10 Å². The Morgan fingerprint density at radius 2 is 1.78 bits per heavy atom. The standard InChI is InChI=1S/C15H27N3/c1-6-12(7-2)13-11-16-14(18-17-13)9-10-15(4,5)8-3/h11-12H,6-10H2,1-5H3. The van der Waals surface area contributed by atoms with Crippen LogP contribution in [0.25, 0.3) is 0 Å². The lowest BCUT2D eigenvalue weighted by molar-refractivity contribution is 0.319. The van der Waals surface area contributed by atoms with E-state index in [9.17, 15) is 0 Å². The van der Waals surface area contributed by atoms with Crippen LogP contribution in [-0.4, -0.2) is 15.2 Å². The molecular weight excluding hydrogens is 222 g/mol. The first kappa shape index (κ1) is 15.1. The molecule has 1 rings (SSSR count). The van der Waals surface area contributed by atoms with Crippen molar-refractivity contribution in [2.75, 3.05) is 0 Å². The second-order valence-electron chi connectivity index (χ2n) is 5.83. The van der Waals surface area contributed by atoms with Gasteiger partial charge in [-0.1, -0.05) is 41.0 Å². The van der Waals surface area contributed by atoms with Gasteiger partial charge in [-0.25, -0.2) is 4.98 Å². The first-order valence-electron chi connectivity index (χ1n) is 7.20. The fourth-order valence-electron chi connectivity index (χ4n) is 1.94. The third-order valence-corrected chi connectivity index (χ3v) is 4.01. The summed E-state index contributed by atoms with van der Waals surface area (Å²) in [4.78, 5) is 4.46. The molecule has 0 aliphatic carbocycles. The number of rotatable bonds is 7. The summed E-state index contributed by atoms with van der Waals surface area (Å²) in [6.45, 7) is 11.2. The zero-order valence-electron chi connectivity index (χ0n) is 12.5. The lowest BCUT2D eigenvalue weighted by Crippen LogP contribution is -2.13. The fraction of sp³-hybridized carbons (Fsp3) is 0.800. The predicted molar refractivity (Wildman–Crippen MR) is 75.5 cm³/mol. The first-order valence-corrected chi connectivity index (χ1v) is 7.20. The van der Waals surface area contributed by atoms with E-state index in [1.54, 1.807) is 0 Å². The summed E-state index contributed by atoms with van der Waals surface area (Å²) in [6.07, 6.45) is 7.36. The maximum Gasteiger partial charge on any atom is 0.150 e. The summed E-state index contributed by atoms with van der Waals surface area (Å²) in [5, 5.41) is 8.61. The average molecular weight is 249 g/mol. The van der Waals surface area contributed by atoms with E-state index in [1.807, 2.05) is 6.20 Å². The highest BCUT2D eigenvalue weighted by atomic mass is 15.2. The lowest BCUT2D eigenvalue weighted by atomic mass is 9.85. The second kappa shape index (κ2) is 6.81. The fourth-order valence-corrected chi connectivity index (χ4v) is 1.94. The molecule has 3 nitrogen and oxygen atoms in total. The third kappa shape index (κ3) is 4.35. The van der Waals surface area contributed by atoms with Crippen molar-refractivity contribution in [3.8, 4) is 0 Å². The SMILES string of the molecule is CCC(CC)c1cnc(CCC(C)(C)CC)nn1. The Kier molecular flexibility index (Phi) is 5.70. The molecule has 1 aromatic rings. The van der Waals surface area contributed by atoms with Crippen LogP contribution in [0.2, 0.25) is 0 Å². The summed E-state index contributed by atoms with van der Waals surface area (Å²) >= 11 is 0. The highest BCUT2D eigenvalue weighted by Gasteiger charge is 2.16. The van der Waals surface area contributed by atoms with E-state index in [-0.39, 0.29) is 0 Å². The average Bonchev–Trinajstić information content (AvgIpc) is 2.39. The van der Waals surface area contributed by atoms with Gasteiger partial charge in [-0.05, 0) is 24.7 Å². The molecule has 1 aromatic heterocycles. The molecule has 0 unspecified atom stereocenters. The lowest BCUT2D eigenvalue weighted by Gasteiger charge is -2.21. The molecule has 0 aliphatic heterocycles. The Morgan fingerprint density at radius 1 is 1.11 bits per heavy atom. The molecule has 0 saturated heterocycles. The smallest absolute Gasteiger partial charge is 0.150 e. The largest absolute Gasteiger partial charge is 0.237 e. The van der Waals surface area contributed by atoms with E-state index in [4.69, 9.17) is 0 Å². The van der Waals surface area contributed by atoms with Gasteiger partial charge in [0.15, 0.2) is 5.82 Å². The molecule has 0 fully saturated rings. The highest BCUT2D eigenvalue weighted by Crippen LogP contribution is 2.25. The van der Waals surface area contributed by atoms with Crippen molar-refractivity contribution in [2.24, 2.45) is 5.41 Å². The van der Waals surface area contributed by atoms with Crippen LogP contribution < -0.4 is 0 Å². The summed E-state index contributed by atoms with van der Waals surface area (Å²) < 4.78 is 0. The van der Waals surface area contributed by atoms with Crippen LogP contribution in [0.4, 0.5) is 0 Å². The Balaban J connectivity index is 2.60. The minimum atomic E-state index is 0.372. The molecular formula is C15H27N3. The van der Waals surface area contributed by atoms with Crippen LogP contribution in [0.3, 0.4) is 0 Å². The number of aromatic nitrogens is 3. The molecule has 0 N–H and O–H groups in total. The van der Waals surface area contributed by atoms with Crippen LogP contribution in [0.15, 0.2) is 6.20 Å². The molecule has 1 heterocycles. The maximum absolute atomic E-state index is 4.46. The van der Waals surface area contributed by atoms with Gasteiger partial charge in [0.05, 0.1) is 11.9 Å². The van der Waals surface area contributed by atoms with Crippen molar-refractivity contribution >= 4 is 0 Å². The van der Waals surface area contributed by atoms with Gasteiger partial charge in [0.2, 0.25) is 0 Å². The van der Waals surface area contributed by atoms with E-state index in [1.165, 1.54) is 6.42 Å². The zero-order valence-corrected chi connectivity index (χ0v) is 12.5. The van der Waals surface area contributed by atoms with E-state index in [2.05, 4.69) is 49.8 Å². The molecule has 0 aliphatic rings. The number of nitrogens with zero attached hydrogens (tertiary/aromatic N) is 3. The van der Waals surface area contributed by atoms with Crippen molar-refractivity contribution in [1.82, 2.24) is 15.2 Å². The van der Waals surface area contributed by atoms with Crippen LogP contribution in [0, 0.1) is 5.41 Å². The van der Waals surface area contributed by atoms with Crippen LogP contribution >= 0.6 is 0 Å². The third-order valence-electron chi connectivity index (χ3n) is 4.01. The number of aryl methyl sites for hydroxylation is 1. The van der Waals surface area contributed by atoms with Gasteiger partial charge in [0.1, 0.15) is 0 Å². The van der Waals surface area contributed by atoms with Gasteiger partial charge in [-0.2, -0.15) is 5.10 Å². The normalized spacial score (nSPS) is 12.1. The summed E-state index contributed by atoms with van der Waals surface area (Å²) in [6, 6.07) is 0. The molecule has 0 aromatic carbocycles. The summed E-state index contributed by atoms with van der Waals surface area (Å²) in [5.74, 6) is 1.39. The second-order valence-corrected chi connectivity index (χ2v) is 5.83. The molecule has 3 heteroatoms. The summed E-state index contributed by atoms with van der Waals surface area (Å²) in [7, 11) is 0. The van der Waals surface area contributed by atoms with E-state index < -0.39 is 0 Å². The molecule has 0 radical (unpaired) electrons. The molecule has 0 saturated carbocycles. The maximum atomic E-state index is 4.46. The van der Waals surface area contributed by atoms with Gasteiger partial charge >= 0.3 is 0 Å². The van der Waals surface area contributed by atoms with E-state index >= 15 is 0 Å². The van der Waals surface area contributed by atoms with Gasteiger partial charge in [-0.3, -0.25) is 0 Å². The van der Waals surface area contributed by atoms with Crippen LogP contribution in [0.5, 0.6) is 0 Å². The van der Waals surface area contributed by atoms with Crippen molar-refractivity contribution in [3.05, 3.63) is 17.7 Å². The van der Waals surface area contributed by atoms with Gasteiger partial charge < -0.3 is 0 Å². The van der Waals surface area contributed by atoms with Crippen LogP contribution in [0.1, 0.15) is 77.7 Å². The Morgan fingerprint density at radius 3 is 2.22 bits per heavy atom. The van der Waals surface area contributed by atoms with E-state index in [0.717, 1.165) is 37.2 Å². The molecule has 0 spiro atoms. The number of hydrogen-bond acceptors (Lipinski definition) is 3. The van der Waals surface area contributed by atoms with Gasteiger partial charge in [0, 0.05) is 12.3 Å². The quantitative estimate of drug-likeness (QED) is 0.729. The van der Waals surface area contributed by atoms with Gasteiger partial charge in [0.25, 0.3) is 0 Å². The Labute approximate surface area is 111 Å². The topological polar surface area (TPSA) is 38.7 Å². The molecule has 0 bridgehead atoms. The van der Waals surface area contributed by atoms with Crippen molar-refractivity contribution in [3.63, 3.8) is 0 Å². The van der Waals surface area contributed by atoms with Crippen molar-refractivity contribution in [1.29, 1.82) is 0 Å².